The van der Waals surface area contributed by atoms with Gasteiger partial charge in [-0.05, 0) is 44.9 Å². The zero-order valence-corrected chi connectivity index (χ0v) is 12.1. The molecule has 19 heavy (non-hydrogen) atoms. The summed E-state index contributed by atoms with van der Waals surface area (Å²) >= 11 is 0. The van der Waals surface area contributed by atoms with E-state index in [1.807, 2.05) is 39.8 Å². The van der Waals surface area contributed by atoms with Gasteiger partial charge in [0.25, 0.3) is 5.91 Å². The van der Waals surface area contributed by atoms with Crippen LogP contribution in [0.15, 0.2) is 24.3 Å². The Kier molecular flexibility index (Phi) is 5.36. The van der Waals surface area contributed by atoms with Crippen molar-refractivity contribution in [3.63, 3.8) is 0 Å². The van der Waals surface area contributed by atoms with Crippen molar-refractivity contribution in [1.29, 1.82) is 0 Å². The Morgan fingerprint density at radius 2 is 1.89 bits per heavy atom. The van der Waals surface area contributed by atoms with Crippen molar-refractivity contribution in [2.75, 3.05) is 6.61 Å². The van der Waals surface area contributed by atoms with Crippen LogP contribution in [0.1, 0.15) is 45.8 Å². The molecule has 0 saturated heterocycles. The summed E-state index contributed by atoms with van der Waals surface area (Å²) in [6.07, 6.45) is 0.229. The average molecular weight is 265 g/mol. The molecule has 1 rings (SSSR count). The number of aliphatic hydroxyl groups excluding tert-OH is 1. The summed E-state index contributed by atoms with van der Waals surface area (Å²) in [4.78, 5) is 11.6. The first kappa shape index (κ1) is 15.5. The lowest BCUT2D eigenvalue weighted by Gasteiger charge is -2.20. The molecule has 2 N–H and O–H groups in total. The van der Waals surface area contributed by atoms with Gasteiger partial charge in [-0.3, -0.25) is 4.79 Å². The molecule has 4 nitrogen and oxygen atoms in total. The van der Waals surface area contributed by atoms with E-state index in [2.05, 4.69) is 5.32 Å². The highest BCUT2D eigenvalue weighted by Gasteiger charge is 2.14. The van der Waals surface area contributed by atoms with Crippen LogP contribution in [0, 0.1) is 0 Å². The SMILES string of the molecule is CC[C@@H](O)c1ccc(OCC(=O)NC(C)(C)C)cc1. The second-order valence-electron chi connectivity index (χ2n) is 5.58. The highest BCUT2D eigenvalue weighted by Crippen LogP contribution is 2.19. The highest BCUT2D eigenvalue weighted by atomic mass is 16.5. The molecule has 0 radical (unpaired) electrons. The maximum absolute atomic E-state index is 11.6. The summed E-state index contributed by atoms with van der Waals surface area (Å²) in [6, 6.07) is 7.15. The number of nitrogens with one attached hydrogen (secondary N) is 1. The molecule has 0 unspecified atom stereocenters. The Labute approximate surface area is 114 Å². The predicted molar refractivity (Wildman–Crippen MR) is 75.1 cm³/mol. The van der Waals surface area contributed by atoms with Gasteiger partial charge in [-0.15, -0.1) is 0 Å². The van der Waals surface area contributed by atoms with Crippen LogP contribution in [0.5, 0.6) is 5.75 Å². The summed E-state index contributed by atoms with van der Waals surface area (Å²) in [5.74, 6) is 0.473. The van der Waals surface area contributed by atoms with Crippen LogP contribution in [0.3, 0.4) is 0 Å². The molecule has 0 saturated carbocycles. The maximum Gasteiger partial charge on any atom is 0.258 e. The van der Waals surface area contributed by atoms with E-state index >= 15 is 0 Å². The molecule has 0 bridgehead atoms. The van der Waals surface area contributed by atoms with Gasteiger partial charge in [0, 0.05) is 5.54 Å². The van der Waals surface area contributed by atoms with Crippen molar-refractivity contribution in [1.82, 2.24) is 5.32 Å². The first-order valence-corrected chi connectivity index (χ1v) is 6.53. The van der Waals surface area contributed by atoms with Crippen molar-refractivity contribution < 1.29 is 14.6 Å². The number of ether oxygens (including phenoxy) is 1. The molecule has 0 aliphatic carbocycles. The number of hydrogen-bond acceptors (Lipinski definition) is 3. The fraction of sp³-hybridized carbons (Fsp3) is 0.533. The Hall–Kier alpha value is -1.55. The third-order valence-corrected chi connectivity index (χ3v) is 2.54. The molecule has 0 aliphatic heterocycles. The van der Waals surface area contributed by atoms with Crippen LogP contribution in [0.2, 0.25) is 0 Å². The number of amides is 1. The molecule has 106 valence electrons. The normalized spacial score (nSPS) is 12.9. The number of benzene rings is 1. The van der Waals surface area contributed by atoms with E-state index in [4.69, 9.17) is 4.74 Å². The summed E-state index contributed by atoms with van der Waals surface area (Å²) in [5.41, 5.74) is 0.601. The summed E-state index contributed by atoms with van der Waals surface area (Å²) in [7, 11) is 0. The average Bonchev–Trinajstić information content (AvgIpc) is 2.34. The summed E-state index contributed by atoms with van der Waals surface area (Å²) < 4.78 is 5.39. The van der Waals surface area contributed by atoms with Crippen molar-refractivity contribution >= 4 is 5.91 Å². The lowest BCUT2D eigenvalue weighted by atomic mass is 10.1. The van der Waals surface area contributed by atoms with Crippen molar-refractivity contribution in [3.05, 3.63) is 29.8 Å². The van der Waals surface area contributed by atoms with Gasteiger partial charge in [-0.2, -0.15) is 0 Å². The molecule has 1 aromatic carbocycles. The molecule has 1 atom stereocenters. The second-order valence-corrected chi connectivity index (χ2v) is 5.58. The number of carbonyl (C=O) groups excluding carboxylic acids is 1. The number of carbonyl (C=O) groups is 1. The van der Waals surface area contributed by atoms with Crippen LogP contribution < -0.4 is 10.1 Å². The fourth-order valence-corrected chi connectivity index (χ4v) is 1.63. The van der Waals surface area contributed by atoms with E-state index in [0.29, 0.717) is 12.2 Å². The lowest BCUT2D eigenvalue weighted by Crippen LogP contribution is -2.43. The number of hydrogen-bond donors (Lipinski definition) is 2. The Morgan fingerprint density at radius 1 is 1.32 bits per heavy atom. The first-order chi connectivity index (χ1) is 8.81. The van der Waals surface area contributed by atoms with Gasteiger partial charge < -0.3 is 15.2 Å². The zero-order chi connectivity index (χ0) is 14.5. The summed E-state index contributed by atoms with van der Waals surface area (Å²) in [6.45, 7) is 7.68. The minimum absolute atomic E-state index is 0.00700. The van der Waals surface area contributed by atoms with Gasteiger partial charge in [0.2, 0.25) is 0 Å². The molecule has 4 heteroatoms. The van der Waals surface area contributed by atoms with Gasteiger partial charge in [0.1, 0.15) is 5.75 Å². The van der Waals surface area contributed by atoms with E-state index in [0.717, 1.165) is 5.56 Å². The first-order valence-electron chi connectivity index (χ1n) is 6.53. The molecular formula is C15H23NO3. The number of rotatable bonds is 5. The van der Waals surface area contributed by atoms with Gasteiger partial charge in [-0.1, -0.05) is 19.1 Å². The van der Waals surface area contributed by atoms with Gasteiger partial charge in [0.15, 0.2) is 6.61 Å². The molecule has 0 aliphatic rings. The van der Waals surface area contributed by atoms with Crippen LogP contribution >= 0.6 is 0 Å². The monoisotopic (exact) mass is 265 g/mol. The molecule has 0 spiro atoms. The largest absolute Gasteiger partial charge is 0.484 e. The van der Waals surface area contributed by atoms with Crippen molar-refractivity contribution in [2.24, 2.45) is 0 Å². The topological polar surface area (TPSA) is 58.6 Å². The highest BCUT2D eigenvalue weighted by molar-refractivity contribution is 5.78. The predicted octanol–water partition coefficient (Wildman–Crippen LogP) is 2.42. The Balaban J connectivity index is 2.48. The van der Waals surface area contributed by atoms with E-state index in [9.17, 15) is 9.90 Å². The van der Waals surface area contributed by atoms with Gasteiger partial charge in [-0.25, -0.2) is 0 Å². The standard InChI is InChI=1S/C15H23NO3/c1-5-13(17)11-6-8-12(9-7-11)19-10-14(18)16-15(2,3)4/h6-9,13,17H,5,10H2,1-4H3,(H,16,18)/t13-/m1/s1. The van der Waals surface area contributed by atoms with Gasteiger partial charge in [0.05, 0.1) is 6.10 Å². The van der Waals surface area contributed by atoms with E-state index in [1.165, 1.54) is 0 Å². The zero-order valence-electron chi connectivity index (χ0n) is 12.1. The minimum atomic E-state index is -0.446. The van der Waals surface area contributed by atoms with Crippen LogP contribution in [-0.2, 0) is 4.79 Å². The minimum Gasteiger partial charge on any atom is -0.484 e. The molecule has 1 amide bonds. The van der Waals surface area contributed by atoms with Crippen LogP contribution in [-0.4, -0.2) is 23.2 Å². The van der Waals surface area contributed by atoms with Crippen molar-refractivity contribution in [3.8, 4) is 5.75 Å². The third-order valence-electron chi connectivity index (χ3n) is 2.54. The maximum atomic E-state index is 11.6. The third kappa shape index (κ3) is 5.75. The quantitative estimate of drug-likeness (QED) is 0.859. The number of aliphatic hydroxyl groups is 1. The molecule has 0 heterocycles. The van der Waals surface area contributed by atoms with E-state index in [1.54, 1.807) is 12.1 Å². The molecule has 1 aromatic rings. The summed E-state index contributed by atoms with van der Waals surface area (Å²) in [5, 5.41) is 12.5. The molecule has 0 aromatic heterocycles. The van der Waals surface area contributed by atoms with Crippen LogP contribution in [0.25, 0.3) is 0 Å². The Bertz CT molecular complexity index is 406. The van der Waals surface area contributed by atoms with Crippen LogP contribution in [0.4, 0.5) is 0 Å². The van der Waals surface area contributed by atoms with E-state index in [-0.39, 0.29) is 18.1 Å². The Morgan fingerprint density at radius 3 is 2.37 bits per heavy atom. The fourth-order valence-electron chi connectivity index (χ4n) is 1.63. The van der Waals surface area contributed by atoms with Crippen molar-refractivity contribution in [2.45, 2.75) is 45.8 Å². The smallest absolute Gasteiger partial charge is 0.258 e. The van der Waals surface area contributed by atoms with Gasteiger partial charge >= 0.3 is 0 Å². The molecule has 0 fully saturated rings. The van der Waals surface area contributed by atoms with E-state index < -0.39 is 6.10 Å². The molecular weight excluding hydrogens is 242 g/mol. The second kappa shape index (κ2) is 6.57. The lowest BCUT2D eigenvalue weighted by molar-refractivity contribution is -0.124.